The standard InChI is InChI=1S/C8H10N/c1-2-7-4-5-9-6-8(7)3-1/h5-6H,1-4H2. The van der Waals surface area contributed by atoms with Gasteiger partial charge in [-0.2, -0.15) is 0 Å². The molecule has 2 aliphatic rings. The van der Waals surface area contributed by atoms with E-state index >= 15 is 0 Å². The van der Waals surface area contributed by atoms with Crippen LogP contribution >= 0.6 is 0 Å². The third kappa shape index (κ3) is 0.805. The highest BCUT2D eigenvalue weighted by molar-refractivity contribution is 5.65. The first-order chi connectivity index (χ1) is 4.47. The lowest BCUT2D eigenvalue weighted by Gasteiger charge is -2.05. The predicted octanol–water partition coefficient (Wildman–Crippen LogP) is 2.10. The first-order valence-electron chi connectivity index (χ1n) is 3.52. The van der Waals surface area contributed by atoms with E-state index in [1.54, 1.807) is 5.57 Å². The summed E-state index contributed by atoms with van der Waals surface area (Å²) in [5.74, 6) is 0. The fourth-order valence-corrected chi connectivity index (χ4v) is 1.52. The molecular weight excluding hydrogens is 110 g/mol. The monoisotopic (exact) mass is 120 g/mol. The summed E-state index contributed by atoms with van der Waals surface area (Å²) in [5, 5.41) is 0. The Morgan fingerprint density at radius 3 is 3.22 bits per heavy atom. The van der Waals surface area contributed by atoms with Gasteiger partial charge in [0, 0.05) is 12.6 Å². The lowest BCUT2D eigenvalue weighted by molar-refractivity contribution is 0.892. The number of dihydropyridines is 1. The number of hydrogen-bond donors (Lipinski definition) is 0. The molecule has 0 saturated carbocycles. The summed E-state index contributed by atoms with van der Waals surface area (Å²) in [6.45, 7) is 2.02. The van der Waals surface area contributed by atoms with E-state index in [-0.39, 0.29) is 0 Å². The average molecular weight is 120 g/mol. The summed E-state index contributed by atoms with van der Waals surface area (Å²) in [7, 11) is 0. The molecule has 1 aliphatic carbocycles. The van der Waals surface area contributed by atoms with Crippen LogP contribution in [0.1, 0.15) is 25.7 Å². The van der Waals surface area contributed by atoms with Gasteiger partial charge in [0.2, 0.25) is 0 Å². The molecular formula is C8H10N. The number of nitrogens with zero attached hydrogens (tertiary/aromatic N) is 1. The maximum absolute atomic E-state index is 4.11. The molecule has 0 atom stereocenters. The summed E-state index contributed by atoms with van der Waals surface area (Å²) >= 11 is 0. The van der Waals surface area contributed by atoms with Gasteiger partial charge in [-0.1, -0.05) is 5.57 Å². The molecule has 1 aliphatic heterocycles. The molecule has 1 heterocycles. The Kier molecular flexibility index (Phi) is 1.15. The topological polar surface area (TPSA) is 12.4 Å². The molecule has 0 N–H and O–H groups in total. The van der Waals surface area contributed by atoms with Crippen molar-refractivity contribution < 1.29 is 0 Å². The molecule has 0 aromatic heterocycles. The second kappa shape index (κ2) is 1.98. The lowest BCUT2D eigenvalue weighted by Crippen LogP contribution is -1.91. The normalized spacial score (nSPS) is 24.9. The van der Waals surface area contributed by atoms with Crippen molar-refractivity contribution in [3.63, 3.8) is 0 Å². The highest BCUT2D eigenvalue weighted by Gasteiger charge is 2.14. The Morgan fingerprint density at radius 1 is 1.33 bits per heavy atom. The third-order valence-electron chi connectivity index (χ3n) is 2.05. The van der Waals surface area contributed by atoms with E-state index in [0.29, 0.717) is 0 Å². The van der Waals surface area contributed by atoms with E-state index in [1.165, 1.54) is 24.8 Å². The number of aliphatic imine (C=N–C) groups is 1. The molecule has 9 heavy (non-hydrogen) atoms. The molecule has 0 saturated heterocycles. The predicted molar refractivity (Wildman–Crippen MR) is 38.3 cm³/mol. The number of hydrogen-bond acceptors (Lipinski definition) is 1. The summed E-state index contributed by atoms with van der Waals surface area (Å²) in [6, 6.07) is 0. The fraction of sp³-hybridized carbons (Fsp3) is 0.500. The van der Waals surface area contributed by atoms with Crippen molar-refractivity contribution in [2.75, 3.05) is 0 Å². The van der Waals surface area contributed by atoms with Crippen molar-refractivity contribution in [3.05, 3.63) is 17.7 Å². The van der Waals surface area contributed by atoms with E-state index in [0.717, 1.165) is 6.42 Å². The smallest absolute Gasteiger partial charge is 0.0969 e. The van der Waals surface area contributed by atoms with Crippen LogP contribution in [0.2, 0.25) is 0 Å². The molecule has 47 valence electrons. The van der Waals surface area contributed by atoms with E-state index in [9.17, 15) is 0 Å². The van der Waals surface area contributed by atoms with Crippen molar-refractivity contribution in [1.82, 2.24) is 0 Å². The number of rotatable bonds is 0. The summed E-state index contributed by atoms with van der Waals surface area (Å²) in [6.07, 6.45) is 7.06. The Hall–Kier alpha value is -0.590. The second-order valence-electron chi connectivity index (χ2n) is 2.65. The first kappa shape index (κ1) is 5.21. The van der Waals surface area contributed by atoms with Crippen molar-refractivity contribution >= 4 is 6.21 Å². The van der Waals surface area contributed by atoms with E-state index in [4.69, 9.17) is 0 Å². The molecule has 0 aromatic carbocycles. The minimum atomic E-state index is 1.12. The van der Waals surface area contributed by atoms with Crippen molar-refractivity contribution in [3.8, 4) is 0 Å². The van der Waals surface area contributed by atoms with Crippen LogP contribution in [0.5, 0.6) is 0 Å². The largest absolute Gasteiger partial charge is 0.287 e. The molecule has 2 rings (SSSR count). The summed E-state index contributed by atoms with van der Waals surface area (Å²) in [4.78, 5) is 4.11. The van der Waals surface area contributed by atoms with Gasteiger partial charge in [-0.15, -0.1) is 0 Å². The van der Waals surface area contributed by atoms with Crippen LogP contribution in [0.4, 0.5) is 0 Å². The minimum Gasteiger partial charge on any atom is -0.287 e. The maximum Gasteiger partial charge on any atom is 0.0969 e. The Bertz CT molecular complexity index is 159. The van der Waals surface area contributed by atoms with Crippen LogP contribution < -0.4 is 0 Å². The van der Waals surface area contributed by atoms with Gasteiger partial charge in [0.15, 0.2) is 0 Å². The molecule has 0 fully saturated rings. The Morgan fingerprint density at radius 2 is 2.33 bits per heavy atom. The van der Waals surface area contributed by atoms with Gasteiger partial charge in [0.25, 0.3) is 0 Å². The van der Waals surface area contributed by atoms with Crippen molar-refractivity contribution in [1.29, 1.82) is 0 Å². The van der Waals surface area contributed by atoms with Gasteiger partial charge in [-0.25, -0.2) is 0 Å². The van der Waals surface area contributed by atoms with Gasteiger partial charge in [-0.05, 0) is 24.8 Å². The molecule has 0 bridgehead atoms. The molecule has 1 heteroatoms. The molecule has 1 radical (unpaired) electrons. The van der Waals surface area contributed by atoms with Crippen molar-refractivity contribution in [2.24, 2.45) is 4.99 Å². The Labute approximate surface area is 55.5 Å². The highest BCUT2D eigenvalue weighted by atomic mass is 14.7. The van der Waals surface area contributed by atoms with Gasteiger partial charge in [0.1, 0.15) is 0 Å². The van der Waals surface area contributed by atoms with Crippen LogP contribution in [0.15, 0.2) is 16.1 Å². The molecule has 1 nitrogen and oxygen atoms in total. The SMILES string of the molecule is [CH]1N=CCC2=C1CCC2. The summed E-state index contributed by atoms with van der Waals surface area (Å²) < 4.78 is 0. The van der Waals surface area contributed by atoms with Crippen LogP contribution in [-0.2, 0) is 0 Å². The lowest BCUT2D eigenvalue weighted by atomic mass is 10.1. The minimum absolute atomic E-state index is 1.12. The molecule has 0 unspecified atom stereocenters. The van der Waals surface area contributed by atoms with E-state index in [2.05, 4.69) is 4.99 Å². The zero-order valence-electron chi connectivity index (χ0n) is 5.43. The fourth-order valence-electron chi connectivity index (χ4n) is 1.52. The summed E-state index contributed by atoms with van der Waals surface area (Å²) in [5.41, 5.74) is 3.14. The zero-order chi connectivity index (χ0) is 6.10. The second-order valence-corrected chi connectivity index (χ2v) is 2.65. The van der Waals surface area contributed by atoms with Gasteiger partial charge >= 0.3 is 0 Å². The first-order valence-corrected chi connectivity index (χ1v) is 3.52. The highest BCUT2D eigenvalue weighted by Crippen LogP contribution is 2.31. The zero-order valence-corrected chi connectivity index (χ0v) is 5.43. The van der Waals surface area contributed by atoms with Gasteiger partial charge in [0.05, 0.1) is 6.54 Å². The average Bonchev–Trinajstić information content (AvgIpc) is 2.33. The van der Waals surface area contributed by atoms with Crippen LogP contribution in [-0.4, -0.2) is 6.21 Å². The van der Waals surface area contributed by atoms with E-state index in [1.807, 2.05) is 12.8 Å². The van der Waals surface area contributed by atoms with Crippen molar-refractivity contribution in [2.45, 2.75) is 25.7 Å². The van der Waals surface area contributed by atoms with Crippen LogP contribution in [0, 0.1) is 6.54 Å². The quantitative estimate of drug-likeness (QED) is 0.464. The Balaban J connectivity index is 2.21. The maximum atomic E-state index is 4.11. The molecule has 0 spiro atoms. The third-order valence-corrected chi connectivity index (χ3v) is 2.05. The molecule has 0 amide bonds. The van der Waals surface area contributed by atoms with E-state index < -0.39 is 0 Å². The van der Waals surface area contributed by atoms with Gasteiger partial charge < -0.3 is 0 Å². The molecule has 0 aromatic rings. The van der Waals surface area contributed by atoms with Crippen LogP contribution in [0.25, 0.3) is 0 Å². The van der Waals surface area contributed by atoms with Crippen LogP contribution in [0.3, 0.4) is 0 Å². The number of allylic oxidation sites excluding steroid dienone is 1. The van der Waals surface area contributed by atoms with Gasteiger partial charge in [-0.3, -0.25) is 4.99 Å².